The summed E-state index contributed by atoms with van der Waals surface area (Å²) in [6.07, 6.45) is -0.943. The maximum absolute atomic E-state index is 13.3. The Balaban J connectivity index is 2.04. The Morgan fingerprint density at radius 2 is 1.82 bits per heavy atom. The van der Waals surface area contributed by atoms with Crippen LogP contribution in [0.1, 0.15) is 46.1 Å². The third-order valence-corrected chi connectivity index (χ3v) is 5.76. The molecule has 33 heavy (non-hydrogen) atoms. The maximum Gasteiger partial charge on any atom is 0.408 e. The minimum Gasteiger partial charge on any atom is -0.445 e. The Bertz CT molecular complexity index is 852. The fraction of sp³-hybridized carbons (Fsp3) is 0.583. The van der Waals surface area contributed by atoms with Gasteiger partial charge in [0.2, 0.25) is 11.8 Å². The first-order chi connectivity index (χ1) is 15.6. The predicted octanol–water partition coefficient (Wildman–Crippen LogP) is 1.95. The van der Waals surface area contributed by atoms with Gasteiger partial charge in [-0.15, -0.1) is 0 Å². The minimum absolute atomic E-state index is 0.0816. The Kier molecular flexibility index (Phi) is 9.67. The molecule has 2 rings (SSSR count). The predicted molar refractivity (Wildman–Crippen MR) is 122 cm³/mol. The van der Waals surface area contributed by atoms with E-state index in [1.165, 1.54) is 4.90 Å². The van der Waals surface area contributed by atoms with Crippen LogP contribution in [0.25, 0.3) is 0 Å². The molecule has 0 aliphatic carbocycles. The first-order valence-electron chi connectivity index (χ1n) is 11.3. The molecule has 1 unspecified atom stereocenters. The van der Waals surface area contributed by atoms with Crippen LogP contribution in [0.4, 0.5) is 4.79 Å². The van der Waals surface area contributed by atoms with Crippen molar-refractivity contribution >= 4 is 17.9 Å². The van der Waals surface area contributed by atoms with E-state index in [1.54, 1.807) is 19.9 Å². The van der Waals surface area contributed by atoms with Gasteiger partial charge in [-0.2, -0.15) is 5.26 Å². The quantitative estimate of drug-likeness (QED) is 0.485. The SMILES string of the molecule is CC(C)[C@H](NC(=O)[C@@H]1CCCN1C(=O)[C@@H](NC(=O)OCc1ccccc1)C(C)C)C(O)C#N. The van der Waals surface area contributed by atoms with Crippen molar-refractivity contribution in [3.63, 3.8) is 0 Å². The molecular formula is C24H34N4O5. The van der Waals surface area contributed by atoms with Crippen molar-refractivity contribution in [1.82, 2.24) is 15.5 Å². The molecule has 180 valence electrons. The van der Waals surface area contributed by atoms with Crippen LogP contribution in [0.15, 0.2) is 30.3 Å². The average molecular weight is 459 g/mol. The number of hydrogen-bond donors (Lipinski definition) is 3. The number of rotatable bonds is 9. The molecule has 9 nitrogen and oxygen atoms in total. The Labute approximate surface area is 195 Å². The van der Waals surface area contributed by atoms with Crippen LogP contribution in [0.5, 0.6) is 0 Å². The van der Waals surface area contributed by atoms with Crippen molar-refractivity contribution in [3.05, 3.63) is 35.9 Å². The number of alkyl carbamates (subject to hydrolysis) is 1. The number of ether oxygens (including phenoxy) is 1. The van der Waals surface area contributed by atoms with E-state index in [0.29, 0.717) is 19.4 Å². The zero-order valence-corrected chi connectivity index (χ0v) is 19.7. The number of nitrogens with zero attached hydrogens (tertiary/aromatic N) is 2. The van der Waals surface area contributed by atoms with Gasteiger partial charge >= 0.3 is 6.09 Å². The second-order valence-electron chi connectivity index (χ2n) is 8.97. The highest BCUT2D eigenvalue weighted by atomic mass is 16.5. The van der Waals surface area contributed by atoms with Gasteiger partial charge in [-0.1, -0.05) is 58.0 Å². The third kappa shape index (κ3) is 7.19. The monoisotopic (exact) mass is 458 g/mol. The standard InChI is InChI=1S/C24H34N4O5/c1-15(2)20(19(29)13-25)26-22(30)18-11-8-12-28(18)23(31)21(16(3)4)27-24(32)33-14-17-9-6-5-7-10-17/h5-7,9-10,15-16,18-21,29H,8,11-12,14H2,1-4H3,(H,26,30)(H,27,32)/t18-,19?,20-,21-/m0/s1. The number of likely N-dealkylation sites (tertiary alicyclic amines) is 1. The summed E-state index contributed by atoms with van der Waals surface area (Å²) < 4.78 is 5.26. The summed E-state index contributed by atoms with van der Waals surface area (Å²) in [7, 11) is 0. The topological polar surface area (TPSA) is 132 Å². The molecule has 0 saturated carbocycles. The van der Waals surface area contributed by atoms with Crippen LogP contribution in [0.2, 0.25) is 0 Å². The summed E-state index contributed by atoms with van der Waals surface area (Å²) in [6, 6.07) is 8.64. The van der Waals surface area contributed by atoms with Crippen molar-refractivity contribution in [2.24, 2.45) is 11.8 Å². The van der Waals surface area contributed by atoms with Gasteiger partial charge in [0, 0.05) is 6.54 Å². The first kappa shape index (κ1) is 26.1. The van der Waals surface area contributed by atoms with E-state index in [0.717, 1.165) is 5.56 Å². The molecule has 9 heteroatoms. The Morgan fingerprint density at radius 3 is 2.39 bits per heavy atom. The van der Waals surface area contributed by atoms with Crippen LogP contribution in [-0.2, 0) is 20.9 Å². The molecular weight excluding hydrogens is 424 g/mol. The zero-order valence-electron chi connectivity index (χ0n) is 19.7. The summed E-state index contributed by atoms with van der Waals surface area (Å²) in [6.45, 7) is 7.67. The highest BCUT2D eigenvalue weighted by Crippen LogP contribution is 2.21. The van der Waals surface area contributed by atoms with E-state index in [2.05, 4.69) is 10.6 Å². The largest absolute Gasteiger partial charge is 0.445 e. The van der Waals surface area contributed by atoms with E-state index in [4.69, 9.17) is 10.00 Å². The molecule has 1 aromatic rings. The number of benzene rings is 1. The first-order valence-corrected chi connectivity index (χ1v) is 11.3. The van der Waals surface area contributed by atoms with Crippen LogP contribution >= 0.6 is 0 Å². The van der Waals surface area contributed by atoms with E-state index in [1.807, 2.05) is 44.2 Å². The molecule has 1 aliphatic heterocycles. The normalized spacial score (nSPS) is 18.4. The second kappa shape index (κ2) is 12.2. The number of carbonyl (C=O) groups is 3. The fourth-order valence-corrected chi connectivity index (χ4v) is 3.84. The Hall–Kier alpha value is -3.12. The third-order valence-electron chi connectivity index (χ3n) is 5.76. The number of amides is 3. The molecule has 1 fully saturated rings. The number of nitrogens with one attached hydrogen (secondary N) is 2. The number of nitriles is 1. The van der Waals surface area contributed by atoms with Gasteiger partial charge in [0.05, 0.1) is 12.1 Å². The highest BCUT2D eigenvalue weighted by molar-refractivity contribution is 5.92. The number of aliphatic hydroxyl groups is 1. The van der Waals surface area contributed by atoms with Crippen LogP contribution in [-0.4, -0.2) is 58.7 Å². The van der Waals surface area contributed by atoms with Crippen LogP contribution < -0.4 is 10.6 Å². The van der Waals surface area contributed by atoms with Crippen molar-refractivity contribution in [2.75, 3.05) is 6.54 Å². The van der Waals surface area contributed by atoms with E-state index >= 15 is 0 Å². The van der Waals surface area contributed by atoms with Crippen molar-refractivity contribution < 1.29 is 24.2 Å². The molecule has 1 aromatic carbocycles. The molecule has 0 bridgehead atoms. The summed E-state index contributed by atoms with van der Waals surface area (Å²) in [5, 5.41) is 24.3. The molecule has 3 amide bonds. The minimum atomic E-state index is -1.34. The van der Waals surface area contributed by atoms with Crippen molar-refractivity contribution in [2.45, 2.75) is 71.4 Å². The van der Waals surface area contributed by atoms with Gasteiger partial charge in [-0.3, -0.25) is 9.59 Å². The van der Waals surface area contributed by atoms with Gasteiger partial charge < -0.3 is 25.4 Å². The highest BCUT2D eigenvalue weighted by Gasteiger charge is 2.40. The molecule has 0 radical (unpaired) electrons. The lowest BCUT2D eigenvalue weighted by atomic mass is 9.98. The Morgan fingerprint density at radius 1 is 1.15 bits per heavy atom. The smallest absolute Gasteiger partial charge is 0.408 e. The lowest BCUT2D eigenvalue weighted by Gasteiger charge is -2.32. The summed E-state index contributed by atoms with van der Waals surface area (Å²) in [5.74, 6) is -1.17. The zero-order chi connectivity index (χ0) is 24.5. The molecule has 1 saturated heterocycles. The number of hydrogen-bond acceptors (Lipinski definition) is 6. The molecule has 0 spiro atoms. The van der Waals surface area contributed by atoms with Gasteiger partial charge in [-0.25, -0.2) is 4.79 Å². The fourth-order valence-electron chi connectivity index (χ4n) is 3.84. The van der Waals surface area contributed by atoms with Crippen molar-refractivity contribution in [3.8, 4) is 6.07 Å². The van der Waals surface area contributed by atoms with Crippen LogP contribution in [0.3, 0.4) is 0 Å². The number of carbonyl (C=O) groups excluding carboxylic acids is 3. The number of aliphatic hydroxyl groups excluding tert-OH is 1. The summed E-state index contributed by atoms with van der Waals surface area (Å²) in [4.78, 5) is 40.0. The van der Waals surface area contributed by atoms with Gasteiger partial charge in [-0.05, 0) is 30.2 Å². The molecule has 1 heterocycles. The molecule has 4 atom stereocenters. The lowest BCUT2D eigenvalue weighted by Crippen LogP contribution is -2.57. The maximum atomic E-state index is 13.3. The second-order valence-corrected chi connectivity index (χ2v) is 8.97. The molecule has 1 aliphatic rings. The van der Waals surface area contributed by atoms with Gasteiger partial charge in [0.15, 0.2) is 6.10 Å². The molecule has 0 aromatic heterocycles. The summed E-state index contributed by atoms with van der Waals surface area (Å²) >= 11 is 0. The van der Waals surface area contributed by atoms with E-state index in [-0.39, 0.29) is 24.3 Å². The van der Waals surface area contributed by atoms with Gasteiger partial charge in [0.25, 0.3) is 0 Å². The molecule has 3 N–H and O–H groups in total. The van der Waals surface area contributed by atoms with E-state index in [9.17, 15) is 19.5 Å². The van der Waals surface area contributed by atoms with E-state index < -0.39 is 36.2 Å². The summed E-state index contributed by atoms with van der Waals surface area (Å²) in [5.41, 5.74) is 0.829. The van der Waals surface area contributed by atoms with Gasteiger partial charge in [0.1, 0.15) is 18.7 Å². The average Bonchev–Trinajstić information content (AvgIpc) is 3.29. The van der Waals surface area contributed by atoms with Crippen LogP contribution in [0, 0.1) is 23.2 Å². The van der Waals surface area contributed by atoms with Crippen molar-refractivity contribution in [1.29, 1.82) is 5.26 Å². The lowest BCUT2D eigenvalue weighted by molar-refractivity contribution is -0.141.